The standard InChI is InChI=1S/C35H54O3S3/c1-6-11-13-15-17-19-21-28-25-26-39-33(28)30-23-24-31(40-30)34-29(22-20-18-16-14-12-7-2)27-32(41-34)35(36-8-3,37-9-4)38-10-5/h23-27H,6-22H2,1-5H3. The van der Waals surface area contributed by atoms with Crippen molar-refractivity contribution in [3.63, 3.8) is 0 Å². The first kappa shape index (κ1) is 34.5. The Morgan fingerprint density at radius 1 is 0.561 bits per heavy atom. The lowest BCUT2D eigenvalue weighted by atomic mass is 10.0. The molecule has 0 aromatic carbocycles. The van der Waals surface area contributed by atoms with Crippen molar-refractivity contribution < 1.29 is 14.2 Å². The van der Waals surface area contributed by atoms with Gasteiger partial charge in [0.2, 0.25) is 0 Å². The first-order valence-corrected chi connectivity index (χ1v) is 18.9. The van der Waals surface area contributed by atoms with Crippen LogP contribution in [-0.4, -0.2) is 19.8 Å². The van der Waals surface area contributed by atoms with Gasteiger partial charge >= 0.3 is 5.97 Å². The Morgan fingerprint density at radius 3 is 1.63 bits per heavy atom. The Kier molecular flexibility index (Phi) is 16.2. The first-order chi connectivity index (χ1) is 20.1. The van der Waals surface area contributed by atoms with Crippen LogP contribution < -0.4 is 0 Å². The van der Waals surface area contributed by atoms with Gasteiger partial charge in [0.05, 0.1) is 24.7 Å². The molecule has 230 valence electrons. The number of hydrogen-bond acceptors (Lipinski definition) is 6. The van der Waals surface area contributed by atoms with E-state index in [4.69, 9.17) is 14.2 Å². The van der Waals surface area contributed by atoms with E-state index in [-0.39, 0.29) is 0 Å². The Balaban J connectivity index is 1.84. The van der Waals surface area contributed by atoms with E-state index in [0.29, 0.717) is 19.8 Å². The van der Waals surface area contributed by atoms with Gasteiger partial charge in [-0.15, -0.1) is 34.0 Å². The van der Waals surface area contributed by atoms with Crippen LogP contribution in [-0.2, 0) is 33.0 Å². The zero-order chi connectivity index (χ0) is 29.3. The average molecular weight is 619 g/mol. The van der Waals surface area contributed by atoms with E-state index in [1.54, 1.807) is 11.3 Å². The Bertz CT molecular complexity index is 1080. The fourth-order valence-corrected chi connectivity index (χ4v) is 8.94. The molecule has 3 heterocycles. The average Bonchev–Trinajstić information content (AvgIpc) is 3.72. The molecular weight excluding hydrogens is 565 g/mol. The summed E-state index contributed by atoms with van der Waals surface area (Å²) < 4.78 is 18.6. The van der Waals surface area contributed by atoms with Crippen LogP contribution in [0, 0.1) is 0 Å². The summed E-state index contributed by atoms with van der Waals surface area (Å²) >= 11 is 5.62. The zero-order valence-corrected chi connectivity index (χ0v) is 28.8. The van der Waals surface area contributed by atoms with Crippen LogP contribution in [0.25, 0.3) is 19.5 Å². The molecule has 0 radical (unpaired) electrons. The molecule has 0 saturated carbocycles. The molecule has 0 spiro atoms. The summed E-state index contributed by atoms with van der Waals surface area (Å²) in [5.74, 6) is -1.13. The van der Waals surface area contributed by atoms with E-state index in [9.17, 15) is 0 Å². The fraction of sp³-hybridized carbons (Fsp3) is 0.657. The maximum atomic E-state index is 6.19. The van der Waals surface area contributed by atoms with Gasteiger partial charge in [-0.3, -0.25) is 0 Å². The van der Waals surface area contributed by atoms with Crippen LogP contribution in [0.3, 0.4) is 0 Å². The lowest BCUT2D eigenvalue weighted by Gasteiger charge is -2.31. The Morgan fingerprint density at radius 2 is 1.07 bits per heavy atom. The van der Waals surface area contributed by atoms with Gasteiger partial charge in [-0.05, 0) is 87.2 Å². The van der Waals surface area contributed by atoms with Crippen molar-refractivity contribution in [2.24, 2.45) is 0 Å². The molecule has 6 heteroatoms. The molecule has 3 nitrogen and oxygen atoms in total. The van der Waals surface area contributed by atoms with E-state index in [2.05, 4.69) is 43.5 Å². The van der Waals surface area contributed by atoms with Crippen molar-refractivity contribution in [1.82, 2.24) is 0 Å². The number of ether oxygens (including phenoxy) is 3. The topological polar surface area (TPSA) is 27.7 Å². The molecule has 3 aromatic heterocycles. The second-order valence-corrected chi connectivity index (χ2v) is 13.8. The quantitative estimate of drug-likeness (QED) is 0.0781. The van der Waals surface area contributed by atoms with Crippen molar-refractivity contribution in [1.29, 1.82) is 0 Å². The number of unbranched alkanes of at least 4 members (excludes halogenated alkanes) is 10. The summed E-state index contributed by atoms with van der Waals surface area (Å²) in [6.07, 6.45) is 18.1. The third-order valence-electron chi connectivity index (χ3n) is 7.51. The van der Waals surface area contributed by atoms with E-state index in [0.717, 1.165) is 11.3 Å². The van der Waals surface area contributed by atoms with Crippen LogP contribution in [0.1, 0.15) is 128 Å². The van der Waals surface area contributed by atoms with E-state index in [1.165, 1.54) is 114 Å². The van der Waals surface area contributed by atoms with Crippen molar-refractivity contribution >= 4 is 34.0 Å². The predicted molar refractivity (Wildman–Crippen MR) is 182 cm³/mol. The molecule has 0 aliphatic heterocycles. The largest absolute Gasteiger partial charge is 0.323 e. The van der Waals surface area contributed by atoms with E-state index in [1.807, 2.05) is 43.4 Å². The molecule has 0 saturated heterocycles. The van der Waals surface area contributed by atoms with Gasteiger partial charge in [-0.25, -0.2) is 0 Å². The van der Waals surface area contributed by atoms with Gasteiger partial charge in [-0.1, -0.05) is 78.1 Å². The molecule has 0 N–H and O–H groups in total. The highest BCUT2D eigenvalue weighted by Gasteiger charge is 2.38. The minimum Gasteiger partial charge on any atom is -0.323 e. The maximum absolute atomic E-state index is 6.19. The van der Waals surface area contributed by atoms with Crippen LogP contribution in [0.15, 0.2) is 29.6 Å². The first-order valence-electron chi connectivity index (χ1n) is 16.3. The van der Waals surface area contributed by atoms with Crippen molar-refractivity contribution in [3.8, 4) is 19.5 Å². The molecule has 0 amide bonds. The second kappa shape index (κ2) is 19.3. The highest BCUT2D eigenvalue weighted by molar-refractivity contribution is 7.26. The monoisotopic (exact) mass is 618 g/mol. The molecule has 0 aliphatic rings. The van der Waals surface area contributed by atoms with Crippen molar-refractivity contribution in [2.75, 3.05) is 19.8 Å². The normalized spacial score (nSPS) is 12.0. The minimum absolute atomic E-state index is 0.531. The smallest absolute Gasteiger partial charge is 0.321 e. The molecule has 41 heavy (non-hydrogen) atoms. The summed E-state index contributed by atoms with van der Waals surface area (Å²) in [4.78, 5) is 6.56. The van der Waals surface area contributed by atoms with E-state index < -0.39 is 5.97 Å². The minimum atomic E-state index is -1.13. The zero-order valence-electron chi connectivity index (χ0n) is 26.4. The van der Waals surface area contributed by atoms with Crippen LogP contribution >= 0.6 is 34.0 Å². The van der Waals surface area contributed by atoms with Crippen molar-refractivity contribution in [3.05, 3.63) is 45.6 Å². The number of hydrogen-bond donors (Lipinski definition) is 0. The molecule has 0 atom stereocenters. The van der Waals surface area contributed by atoms with Gasteiger partial charge in [0.15, 0.2) is 0 Å². The molecule has 0 aliphatic carbocycles. The summed E-state index contributed by atoms with van der Waals surface area (Å²) in [6, 6.07) is 9.32. The molecular formula is C35H54O3S3. The molecule has 0 fully saturated rings. The molecule has 0 unspecified atom stereocenters. The molecule has 0 bridgehead atoms. The summed E-state index contributed by atoms with van der Waals surface area (Å²) in [5.41, 5.74) is 2.91. The SMILES string of the molecule is CCCCCCCCc1ccsc1-c1ccc(-c2sc(C(OCC)(OCC)OCC)cc2CCCCCCCC)s1. The molecule has 3 aromatic rings. The summed E-state index contributed by atoms with van der Waals surface area (Å²) in [6.45, 7) is 12.2. The van der Waals surface area contributed by atoms with Gasteiger partial charge in [0.25, 0.3) is 0 Å². The van der Waals surface area contributed by atoms with Gasteiger partial charge in [0.1, 0.15) is 0 Å². The summed E-state index contributed by atoms with van der Waals surface area (Å²) in [7, 11) is 0. The van der Waals surface area contributed by atoms with Crippen LogP contribution in [0.4, 0.5) is 0 Å². The van der Waals surface area contributed by atoms with Gasteiger partial charge in [-0.2, -0.15) is 0 Å². The lowest BCUT2D eigenvalue weighted by molar-refractivity contribution is -0.387. The Hall–Kier alpha value is -1.02. The number of rotatable bonds is 23. The van der Waals surface area contributed by atoms with Crippen LogP contribution in [0.5, 0.6) is 0 Å². The lowest BCUT2D eigenvalue weighted by Crippen LogP contribution is -2.35. The van der Waals surface area contributed by atoms with Crippen molar-refractivity contribution in [2.45, 2.75) is 130 Å². The predicted octanol–water partition coefficient (Wildman–Crippen LogP) is 12.2. The molecule has 3 rings (SSSR count). The third-order valence-corrected chi connectivity index (χ3v) is 11.2. The number of aryl methyl sites for hydroxylation is 2. The third kappa shape index (κ3) is 10.3. The summed E-state index contributed by atoms with van der Waals surface area (Å²) in [5, 5.41) is 2.27. The van der Waals surface area contributed by atoms with Gasteiger partial charge < -0.3 is 14.2 Å². The fourth-order valence-electron chi connectivity index (χ4n) is 5.40. The maximum Gasteiger partial charge on any atom is 0.321 e. The van der Waals surface area contributed by atoms with E-state index >= 15 is 0 Å². The van der Waals surface area contributed by atoms with Gasteiger partial charge in [0, 0.05) is 19.5 Å². The highest BCUT2D eigenvalue weighted by atomic mass is 32.1. The second-order valence-electron chi connectivity index (χ2n) is 10.8. The Labute approximate surface area is 262 Å². The van der Waals surface area contributed by atoms with Crippen LogP contribution in [0.2, 0.25) is 0 Å². The number of thiophene rings is 3. The highest BCUT2D eigenvalue weighted by Crippen LogP contribution is 2.46.